The molecule has 6 heteroatoms. The van der Waals surface area contributed by atoms with E-state index in [1.165, 1.54) is 77.0 Å². The minimum atomic E-state index is -0.112. The van der Waals surface area contributed by atoms with E-state index < -0.39 is 0 Å². The smallest absolute Gasteiger partial charge is 0.302 e. The summed E-state index contributed by atoms with van der Waals surface area (Å²) in [6.07, 6.45) is 16.2. The Kier molecular flexibility index (Phi) is 7.85. The molecule has 0 amide bonds. The van der Waals surface area contributed by atoms with Crippen LogP contribution >= 0.6 is 0 Å². The lowest BCUT2D eigenvalue weighted by Gasteiger charge is -2.62. The summed E-state index contributed by atoms with van der Waals surface area (Å²) in [7, 11) is 0. The number of nitrogens with zero attached hydrogens (tertiary/aromatic N) is 2. The standard InChI is InChI=1S/C33H54N2O4/c1-22(36)38-30-19-24-11-12-25-26(33(24,4)21-29(30)35-17-9-6-10-18-35)13-14-32(3)27(25)20-28(31(32)39-23(2)37)34-15-7-5-8-16-34/h24-31H,5-21H2,1-4H3/t24?,25?,26?,27?,28-,29-,30-,31-,32+,33-/m0/s1. The SMILES string of the molecule is CC(=O)O[C@H]1CC2CCC3C(CC[C@]4(C)C3C[C@H](N3CCCCC3)[C@@H]4OC(C)=O)[C@@]2(C)C[C@@H]1N1CCCCC1. The number of rotatable bonds is 4. The molecule has 2 saturated heterocycles. The van der Waals surface area contributed by atoms with Gasteiger partial charge in [0.05, 0.1) is 0 Å². The molecule has 0 spiro atoms. The number of hydrogen-bond donors (Lipinski definition) is 0. The van der Waals surface area contributed by atoms with Crippen molar-refractivity contribution in [2.45, 2.75) is 135 Å². The molecule has 0 bridgehead atoms. The average Bonchev–Trinajstić information content (AvgIpc) is 3.21. The Morgan fingerprint density at radius 2 is 1.31 bits per heavy atom. The third kappa shape index (κ3) is 4.98. The first-order chi connectivity index (χ1) is 18.7. The van der Waals surface area contributed by atoms with Gasteiger partial charge < -0.3 is 9.47 Å². The van der Waals surface area contributed by atoms with Gasteiger partial charge in [-0.25, -0.2) is 0 Å². The highest BCUT2D eigenvalue weighted by atomic mass is 16.5. The summed E-state index contributed by atoms with van der Waals surface area (Å²) >= 11 is 0. The number of carbonyl (C=O) groups is 2. The largest absolute Gasteiger partial charge is 0.461 e. The number of carbonyl (C=O) groups excluding carboxylic acids is 2. The molecule has 39 heavy (non-hydrogen) atoms. The van der Waals surface area contributed by atoms with Crippen LogP contribution in [-0.2, 0) is 19.1 Å². The Balaban J connectivity index is 1.27. The summed E-state index contributed by atoms with van der Waals surface area (Å²) < 4.78 is 12.3. The third-order valence-corrected chi connectivity index (χ3v) is 12.9. The van der Waals surface area contributed by atoms with Gasteiger partial charge in [0.15, 0.2) is 0 Å². The van der Waals surface area contributed by atoms with Gasteiger partial charge in [0.2, 0.25) is 0 Å². The molecule has 0 N–H and O–H groups in total. The zero-order valence-electron chi connectivity index (χ0n) is 25.2. The van der Waals surface area contributed by atoms with E-state index in [4.69, 9.17) is 9.47 Å². The van der Waals surface area contributed by atoms with Crippen molar-refractivity contribution in [3.63, 3.8) is 0 Å². The predicted molar refractivity (Wildman–Crippen MR) is 152 cm³/mol. The van der Waals surface area contributed by atoms with Gasteiger partial charge in [-0.1, -0.05) is 26.7 Å². The van der Waals surface area contributed by atoms with Gasteiger partial charge in [-0.3, -0.25) is 19.4 Å². The van der Waals surface area contributed by atoms with Gasteiger partial charge in [0.1, 0.15) is 12.2 Å². The quantitative estimate of drug-likeness (QED) is 0.417. The maximum atomic E-state index is 12.4. The molecule has 10 atom stereocenters. The molecule has 2 aliphatic heterocycles. The Morgan fingerprint density at radius 1 is 0.692 bits per heavy atom. The van der Waals surface area contributed by atoms with Crippen molar-refractivity contribution in [1.29, 1.82) is 0 Å². The molecule has 4 aliphatic carbocycles. The summed E-state index contributed by atoms with van der Waals surface area (Å²) in [5.41, 5.74) is 0.377. The van der Waals surface area contributed by atoms with Crippen LogP contribution in [0.2, 0.25) is 0 Å². The molecule has 6 fully saturated rings. The van der Waals surface area contributed by atoms with Crippen molar-refractivity contribution in [2.24, 2.45) is 34.5 Å². The predicted octanol–water partition coefficient (Wildman–Crippen LogP) is 5.82. The van der Waals surface area contributed by atoms with E-state index in [-0.39, 0.29) is 29.6 Å². The summed E-state index contributed by atoms with van der Waals surface area (Å²) in [5.74, 6) is 2.49. The van der Waals surface area contributed by atoms with Gasteiger partial charge >= 0.3 is 11.9 Å². The molecular formula is C33H54N2O4. The van der Waals surface area contributed by atoms with Crippen LogP contribution in [0, 0.1) is 34.5 Å². The van der Waals surface area contributed by atoms with Crippen LogP contribution in [0.5, 0.6) is 0 Å². The van der Waals surface area contributed by atoms with Crippen LogP contribution in [0.3, 0.4) is 0 Å². The van der Waals surface area contributed by atoms with E-state index in [1.807, 2.05) is 0 Å². The van der Waals surface area contributed by atoms with Crippen LogP contribution < -0.4 is 0 Å². The zero-order chi connectivity index (χ0) is 27.4. The van der Waals surface area contributed by atoms with E-state index in [1.54, 1.807) is 13.8 Å². The second kappa shape index (κ2) is 10.9. The van der Waals surface area contributed by atoms with Crippen molar-refractivity contribution in [1.82, 2.24) is 9.80 Å². The molecule has 4 saturated carbocycles. The monoisotopic (exact) mass is 542 g/mol. The first-order valence-electron chi connectivity index (χ1n) is 16.5. The van der Waals surface area contributed by atoms with Crippen molar-refractivity contribution in [2.75, 3.05) is 26.2 Å². The molecule has 0 aromatic rings. The van der Waals surface area contributed by atoms with Crippen LogP contribution in [0.15, 0.2) is 0 Å². The van der Waals surface area contributed by atoms with Crippen molar-refractivity contribution in [3.05, 3.63) is 0 Å². The second-order valence-electron chi connectivity index (χ2n) is 14.9. The summed E-state index contributed by atoms with van der Waals surface area (Å²) in [6, 6.07) is 0.746. The number of ether oxygens (including phenoxy) is 2. The molecule has 220 valence electrons. The van der Waals surface area contributed by atoms with Gasteiger partial charge in [-0.05, 0) is 126 Å². The number of piperidine rings is 2. The van der Waals surface area contributed by atoms with Crippen LogP contribution in [0.25, 0.3) is 0 Å². The van der Waals surface area contributed by atoms with E-state index in [0.29, 0.717) is 35.3 Å². The van der Waals surface area contributed by atoms with Gasteiger partial charge in [0, 0.05) is 31.3 Å². The first-order valence-corrected chi connectivity index (χ1v) is 16.5. The van der Waals surface area contributed by atoms with Crippen LogP contribution in [-0.4, -0.2) is 72.2 Å². The highest BCUT2D eigenvalue weighted by molar-refractivity contribution is 5.66. The lowest BCUT2D eigenvalue weighted by atomic mass is 9.44. The lowest BCUT2D eigenvalue weighted by Crippen LogP contribution is -2.61. The summed E-state index contributed by atoms with van der Waals surface area (Å²) in [6.45, 7) is 12.9. The molecule has 4 unspecified atom stereocenters. The summed E-state index contributed by atoms with van der Waals surface area (Å²) in [5, 5.41) is 0. The van der Waals surface area contributed by atoms with Crippen LogP contribution in [0.4, 0.5) is 0 Å². The number of fused-ring (bicyclic) bond motifs is 5. The Hall–Kier alpha value is -1.14. The molecule has 2 heterocycles. The minimum Gasteiger partial charge on any atom is -0.461 e. The fourth-order valence-electron chi connectivity index (χ4n) is 11.2. The summed E-state index contributed by atoms with van der Waals surface area (Å²) in [4.78, 5) is 29.9. The lowest BCUT2D eigenvalue weighted by molar-refractivity contribution is -0.180. The fourth-order valence-corrected chi connectivity index (χ4v) is 11.2. The molecule has 0 radical (unpaired) electrons. The van der Waals surface area contributed by atoms with Gasteiger partial charge in [0.25, 0.3) is 0 Å². The molecule has 0 aromatic carbocycles. The van der Waals surface area contributed by atoms with Gasteiger partial charge in [-0.15, -0.1) is 0 Å². The fraction of sp³-hybridized carbons (Fsp3) is 0.939. The van der Waals surface area contributed by atoms with E-state index in [9.17, 15) is 9.59 Å². The number of esters is 2. The maximum absolute atomic E-state index is 12.4. The molecule has 6 nitrogen and oxygen atoms in total. The normalized spacial score (nSPS) is 47.0. The minimum absolute atomic E-state index is 0.0328. The van der Waals surface area contributed by atoms with E-state index in [0.717, 1.165) is 38.5 Å². The highest BCUT2D eigenvalue weighted by Gasteiger charge is 2.65. The highest BCUT2D eigenvalue weighted by Crippen LogP contribution is 2.67. The zero-order valence-corrected chi connectivity index (χ0v) is 25.2. The average molecular weight is 543 g/mol. The van der Waals surface area contributed by atoms with Crippen molar-refractivity contribution >= 4 is 11.9 Å². The first kappa shape index (κ1) is 28.0. The Labute approximate surface area is 236 Å². The Bertz CT molecular complexity index is 913. The molecule has 6 rings (SSSR count). The van der Waals surface area contributed by atoms with Crippen molar-refractivity contribution in [3.8, 4) is 0 Å². The van der Waals surface area contributed by atoms with E-state index >= 15 is 0 Å². The number of likely N-dealkylation sites (tertiary alicyclic amines) is 2. The second-order valence-corrected chi connectivity index (χ2v) is 14.9. The molecule has 0 aromatic heterocycles. The van der Waals surface area contributed by atoms with Crippen LogP contribution in [0.1, 0.15) is 111 Å². The third-order valence-electron chi connectivity index (χ3n) is 12.9. The van der Waals surface area contributed by atoms with E-state index in [2.05, 4.69) is 23.6 Å². The number of hydrogen-bond acceptors (Lipinski definition) is 6. The Morgan fingerprint density at radius 3 is 1.92 bits per heavy atom. The van der Waals surface area contributed by atoms with Gasteiger partial charge in [-0.2, -0.15) is 0 Å². The maximum Gasteiger partial charge on any atom is 0.302 e. The van der Waals surface area contributed by atoms with Crippen molar-refractivity contribution < 1.29 is 19.1 Å². The molecule has 6 aliphatic rings. The molecular weight excluding hydrogens is 488 g/mol. The topological polar surface area (TPSA) is 59.1 Å².